The molecule has 1 atom stereocenters. The van der Waals surface area contributed by atoms with Gasteiger partial charge in [0.05, 0.1) is 5.69 Å². The number of benzene rings is 2. The lowest BCUT2D eigenvalue weighted by Gasteiger charge is -2.20. The summed E-state index contributed by atoms with van der Waals surface area (Å²) in [7, 11) is 0. The number of hydrogen-bond acceptors (Lipinski definition) is 5. The Kier molecular flexibility index (Phi) is 3.93. The fourth-order valence-corrected chi connectivity index (χ4v) is 3.63. The highest BCUT2D eigenvalue weighted by Crippen LogP contribution is 2.35. The lowest BCUT2D eigenvalue weighted by molar-refractivity contribution is -0.118. The highest BCUT2D eigenvalue weighted by molar-refractivity contribution is 5.95. The molecule has 28 heavy (non-hydrogen) atoms. The van der Waals surface area contributed by atoms with Crippen LogP contribution in [0.15, 0.2) is 48.8 Å². The summed E-state index contributed by atoms with van der Waals surface area (Å²) in [5.41, 5.74) is 2.77. The minimum absolute atomic E-state index is 0.0508. The van der Waals surface area contributed by atoms with Crippen molar-refractivity contribution in [1.29, 1.82) is 0 Å². The molecule has 0 spiro atoms. The van der Waals surface area contributed by atoms with Crippen molar-refractivity contribution in [2.75, 3.05) is 18.7 Å². The van der Waals surface area contributed by atoms with Gasteiger partial charge in [-0.1, -0.05) is 13.0 Å². The minimum Gasteiger partial charge on any atom is -0.482 e. The lowest BCUT2D eigenvalue weighted by atomic mass is 10.00. The third-order valence-corrected chi connectivity index (χ3v) is 4.96. The van der Waals surface area contributed by atoms with Crippen LogP contribution in [0.2, 0.25) is 0 Å². The number of imidazole rings is 1. The van der Waals surface area contributed by atoms with Crippen molar-refractivity contribution < 1.29 is 19.0 Å². The van der Waals surface area contributed by atoms with Crippen molar-refractivity contribution in [3.05, 3.63) is 60.2 Å². The number of amides is 1. The van der Waals surface area contributed by atoms with E-state index in [9.17, 15) is 4.79 Å². The number of nitrogens with one attached hydrogen (secondary N) is 1. The third kappa shape index (κ3) is 2.94. The molecule has 5 rings (SSSR count). The molecule has 1 aromatic heterocycles. The van der Waals surface area contributed by atoms with Crippen molar-refractivity contribution in [1.82, 2.24) is 9.55 Å². The second kappa shape index (κ2) is 6.60. The van der Waals surface area contributed by atoms with E-state index < -0.39 is 0 Å². The zero-order chi connectivity index (χ0) is 19.1. The third-order valence-electron chi connectivity index (χ3n) is 4.96. The maximum atomic E-state index is 11.6. The monoisotopic (exact) mass is 377 g/mol. The summed E-state index contributed by atoms with van der Waals surface area (Å²) in [5, 5.41) is 2.85. The Morgan fingerprint density at radius 2 is 1.96 bits per heavy atom. The van der Waals surface area contributed by atoms with Gasteiger partial charge in [-0.25, -0.2) is 4.98 Å². The first-order valence-electron chi connectivity index (χ1n) is 9.16. The number of carbonyl (C=O) groups is 1. The van der Waals surface area contributed by atoms with E-state index in [1.54, 1.807) is 6.20 Å². The van der Waals surface area contributed by atoms with Gasteiger partial charge < -0.3 is 24.1 Å². The van der Waals surface area contributed by atoms with E-state index in [-0.39, 0.29) is 25.2 Å². The van der Waals surface area contributed by atoms with Gasteiger partial charge in [-0.3, -0.25) is 4.79 Å². The Bertz CT molecular complexity index is 1060. The fourth-order valence-electron chi connectivity index (χ4n) is 3.63. The van der Waals surface area contributed by atoms with Gasteiger partial charge in [-0.15, -0.1) is 0 Å². The van der Waals surface area contributed by atoms with E-state index in [1.165, 1.54) is 0 Å². The van der Waals surface area contributed by atoms with Gasteiger partial charge >= 0.3 is 0 Å². The second-order valence-corrected chi connectivity index (χ2v) is 6.97. The van der Waals surface area contributed by atoms with Crippen LogP contribution in [0.4, 0.5) is 5.69 Å². The molecule has 0 bridgehead atoms. The topological polar surface area (TPSA) is 74.6 Å². The zero-order valence-electron chi connectivity index (χ0n) is 15.3. The molecule has 2 aromatic carbocycles. The Hall–Kier alpha value is -3.48. The number of ether oxygens (including phenoxy) is 3. The predicted molar refractivity (Wildman–Crippen MR) is 102 cm³/mol. The normalized spacial score (nSPS) is 15.5. The summed E-state index contributed by atoms with van der Waals surface area (Å²) < 4.78 is 18.3. The van der Waals surface area contributed by atoms with E-state index >= 15 is 0 Å². The fraction of sp³-hybridized carbons (Fsp3) is 0.238. The molecule has 0 saturated carbocycles. The molecule has 7 heteroatoms. The molecular formula is C21H19N3O4. The van der Waals surface area contributed by atoms with E-state index in [2.05, 4.69) is 23.3 Å². The molecule has 2 aliphatic heterocycles. The standard InChI is InChI=1S/C21H19N3O4/c1-13(8-14-2-4-18-19(9-14)28-12-27-18)21-22-6-7-24(21)15-3-5-17-16(10-15)23-20(25)11-26-17/h2-7,9-10,13H,8,11-12H2,1H3,(H,23,25)/t13-/m0/s1. The Labute approximate surface area is 161 Å². The average molecular weight is 377 g/mol. The number of aromatic nitrogens is 2. The van der Waals surface area contributed by atoms with Gasteiger partial charge in [-0.2, -0.15) is 0 Å². The molecule has 2 aliphatic rings. The lowest BCUT2D eigenvalue weighted by Crippen LogP contribution is -2.25. The van der Waals surface area contributed by atoms with E-state index in [0.717, 1.165) is 35.0 Å². The molecule has 0 fully saturated rings. The molecule has 3 heterocycles. The largest absolute Gasteiger partial charge is 0.482 e. The molecule has 7 nitrogen and oxygen atoms in total. The minimum atomic E-state index is -0.147. The Morgan fingerprint density at radius 1 is 1.11 bits per heavy atom. The summed E-state index contributed by atoms with van der Waals surface area (Å²) in [6.07, 6.45) is 4.54. The van der Waals surface area contributed by atoms with Crippen LogP contribution in [-0.2, 0) is 11.2 Å². The Morgan fingerprint density at radius 3 is 2.89 bits per heavy atom. The Balaban J connectivity index is 1.41. The molecule has 0 unspecified atom stereocenters. The highest BCUT2D eigenvalue weighted by atomic mass is 16.7. The van der Waals surface area contributed by atoms with Crippen LogP contribution in [0.1, 0.15) is 24.2 Å². The second-order valence-electron chi connectivity index (χ2n) is 6.97. The van der Waals surface area contributed by atoms with Gasteiger partial charge in [0, 0.05) is 24.0 Å². The number of fused-ring (bicyclic) bond motifs is 2. The first kappa shape index (κ1) is 16.7. The first-order valence-corrected chi connectivity index (χ1v) is 9.16. The average Bonchev–Trinajstić information content (AvgIpc) is 3.36. The number of rotatable bonds is 4. The van der Waals surface area contributed by atoms with Crippen molar-refractivity contribution >= 4 is 11.6 Å². The van der Waals surface area contributed by atoms with Crippen LogP contribution < -0.4 is 19.5 Å². The maximum absolute atomic E-state index is 11.6. The van der Waals surface area contributed by atoms with Crippen molar-refractivity contribution in [3.63, 3.8) is 0 Å². The molecule has 3 aromatic rings. The maximum Gasteiger partial charge on any atom is 0.262 e. The zero-order valence-corrected chi connectivity index (χ0v) is 15.3. The number of nitrogens with zero attached hydrogens (tertiary/aromatic N) is 2. The van der Waals surface area contributed by atoms with E-state index in [0.29, 0.717) is 11.4 Å². The van der Waals surface area contributed by atoms with Crippen LogP contribution in [0.25, 0.3) is 5.69 Å². The van der Waals surface area contributed by atoms with Crippen molar-refractivity contribution in [3.8, 4) is 22.9 Å². The molecule has 1 N–H and O–H groups in total. The summed E-state index contributed by atoms with van der Waals surface area (Å²) in [6, 6.07) is 11.8. The highest BCUT2D eigenvalue weighted by Gasteiger charge is 2.20. The van der Waals surface area contributed by atoms with Crippen LogP contribution in [0.5, 0.6) is 17.2 Å². The summed E-state index contributed by atoms with van der Waals surface area (Å²) >= 11 is 0. The van der Waals surface area contributed by atoms with Gasteiger partial charge in [0.25, 0.3) is 5.91 Å². The van der Waals surface area contributed by atoms with E-state index in [4.69, 9.17) is 14.2 Å². The number of anilines is 1. The number of carbonyl (C=O) groups excluding carboxylic acids is 1. The predicted octanol–water partition coefficient (Wildman–Crippen LogP) is 3.28. The smallest absolute Gasteiger partial charge is 0.262 e. The van der Waals surface area contributed by atoms with Crippen molar-refractivity contribution in [2.24, 2.45) is 0 Å². The molecule has 142 valence electrons. The van der Waals surface area contributed by atoms with Crippen LogP contribution in [0, 0.1) is 0 Å². The van der Waals surface area contributed by atoms with Gasteiger partial charge in [0.2, 0.25) is 6.79 Å². The first-order chi connectivity index (χ1) is 13.7. The van der Waals surface area contributed by atoms with Crippen LogP contribution >= 0.6 is 0 Å². The molecule has 0 saturated heterocycles. The molecule has 0 radical (unpaired) electrons. The van der Waals surface area contributed by atoms with Crippen molar-refractivity contribution in [2.45, 2.75) is 19.3 Å². The number of hydrogen-bond donors (Lipinski definition) is 1. The van der Waals surface area contributed by atoms with Gasteiger partial charge in [-0.05, 0) is 42.3 Å². The summed E-state index contributed by atoms with van der Waals surface area (Å²) in [5.74, 6) is 3.23. The molecule has 1 amide bonds. The quantitative estimate of drug-likeness (QED) is 0.755. The van der Waals surface area contributed by atoms with E-state index in [1.807, 2.05) is 41.1 Å². The van der Waals surface area contributed by atoms with Crippen LogP contribution in [0.3, 0.4) is 0 Å². The van der Waals surface area contributed by atoms with Crippen LogP contribution in [-0.4, -0.2) is 28.9 Å². The van der Waals surface area contributed by atoms with Gasteiger partial charge in [0.1, 0.15) is 11.6 Å². The molecule has 0 aliphatic carbocycles. The molecular weight excluding hydrogens is 358 g/mol. The SMILES string of the molecule is C[C@@H](Cc1ccc2c(c1)OCO2)c1nccn1-c1ccc2c(c1)NC(=O)CO2. The summed E-state index contributed by atoms with van der Waals surface area (Å²) in [6.45, 7) is 2.47. The van der Waals surface area contributed by atoms with Gasteiger partial charge in [0.15, 0.2) is 18.1 Å². The summed E-state index contributed by atoms with van der Waals surface area (Å²) in [4.78, 5) is 16.2.